The number of nitrogens with zero attached hydrogens (tertiary/aromatic N) is 4. The lowest BCUT2D eigenvalue weighted by Gasteiger charge is -2.33. The monoisotopic (exact) mass is 366 g/mol. The largest absolute Gasteiger partial charge is 0.357 e. The molecule has 2 heterocycles. The number of benzene rings is 1. The number of aliphatic imine (C=N–C) groups is 1. The lowest BCUT2D eigenvalue weighted by Crippen LogP contribution is -2.41. The molecular weight excluding hydrogens is 336 g/mol. The summed E-state index contributed by atoms with van der Waals surface area (Å²) in [6, 6.07) is 8.37. The van der Waals surface area contributed by atoms with Crippen molar-refractivity contribution in [2.45, 2.75) is 52.0 Å². The first-order valence-corrected chi connectivity index (χ1v) is 10.3. The Morgan fingerprint density at radius 1 is 1.26 bits per heavy atom. The lowest BCUT2D eigenvalue weighted by molar-refractivity contribution is 0.203. The van der Waals surface area contributed by atoms with Gasteiger partial charge in [-0.05, 0) is 43.2 Å². The van der Waals surface area contributed by atoms with E-state index in [0.29, 0.717) is 12.0 Å². The van der Waals surface area contributed by atoms with Crippen molar-refractivity contribution in [3.05, 3.63) is 36.2 Å². The molecule has 1 aliphatic heterocycles. The van der Waals surface area contributed by atoms with Crippen molar-refractivity contribution in [2.75, 3.05) is 19.6 Å². The van der Waals surface area contributed by atoms with Crippen LogP contribution in [0.2, 0.25) is 0 Å². The predicted molar refractivity (Wildman–Crippen MR) is 108 cm³/mol. The highest BCUT2D eigenvalue weighted by Crippen LogP contribution is 2.43. The molecule has 0 atom stereocenters. The lowest BCUT2D eigenvalue weighted by atomic mass is 9.73. The van der Waals surface area contributed by atoms with E-state index in [1.165, 1.54) is 50.4 Å². The van der Waals surface area contributed by atoms with Crippen molar-refractivity contribution >= 4 is 5.96 Å². The van der Waals surface area contributed by atoms with Crippen LogP contribution in [0.25, 0.3) is 11.4 Å². The predicted octanol–water partition coefficient (Wildman–Crippen LogP) is 3.59. The second-order valence-corrected chi connectivity index (χ2v) is 7.94. The second-order valence-electron chi connectivity index (χ2n) is 7.94. The van der Waals surface area contributed by atoms with E-state index in [1.54, 1.807) is 0 Å². The molecule has 0 amide bonds. The van der Waals surface area contributed by atoms with Gasteiger partial charge in [0.15, 0.2) is 11.8 Å². The summed E-state index contributed by atoms with van der Waals surface area (Å²) in [7, 11) is 0. The highest BCUT2D eigenvalue weighted by atomic mass is 15.3. The minimum absolute atomic E-state index is 0.542. The number of guanidine groups is 1. The fraction of sp³-hybridized carbons (Fsp3) is 0.571. The summed E-state index contributed by atoms with van der Waals surface area (Å²) in [4.78, 5) is 11.7. The van der Waals surface area contributed by atoms with E-state index in [-0.39, 0.29) is 0 Å². The molecule has 2 fully saturated rings. The van der Waals surface area contributed by atoms with E-state index >= 15 is 0 Å². The van der Waals surface area contributed by atoms with Gasteiger partial charge in [0, 0.05) is 25.2 Å². The Hall–Kier alpha value is -2.37. The van der Waals surface area contributed by atoms with Crippen molar-refractivity contribution in [1.29, 1.82) is 0 Å². The third-order valence-electron chi connectivity index (χ3n) is 6.01. The molecule has 0 unspecified atom stereocenters. The van der Waals surface area contributed by atoms with Crippen molar-refractivity contribution in [1.82, 2.24) is 25.4 Å². The van der Waals surface area contributed by atoms with Gasteiger partial charge in [-0.3, -0.25) is 5.10 Å². The molecule has 1 aromatic carbocycles. The van der Waals surface area contributed by atoms with Crippen LogP contribution in [0, 0.1) is 5.41 Å². The van der Waals surface area contributed by atoms with Crippen molar-refractivity contribution < 1.29 is 0 Å². The molecule has 27 heavy (non-hydrogen) atoms. The smallest absolute Gasteiger partial charge is 0.194 e. The Bertz CT molecular complexity index is 761. The molecule has 6 nitrogen and oxygen atoms in total. The van der Waals surface area contributed by atoms with Gasteiger partial charge >= 0.3 is 0 Å². The number of aromatic nitrogens is 3. The maximum atomic E-state index is 4.95. The van der Waals surface area contributed by atoms with Gasteiger partial charge in [0.2, 0.25) is 0 Å². The van der Waals surface area contributed by atoms with Crippen molar-refractivity contribution in [3.8, 4) is 11.4 Å². The molecule has 4 rings (SSSR count). The van der Waals surface area contributed by atoms with Gasteiger partial charge in [-0.2, -0.15) is 5.10 Å². The Morgan fingerprint density at radius 2 is 2.15 bits per heavy atom. The number of rotatable bonds is 4. The first-order chi connectivity index (χ1) is 13.3. The highest BCUT2D eigenvalue weighted by Gasteiger charge is 2.39. The fourth-order valence-electron chi connectivity index (χ4n) is 4.58. The molecule has 2 N–H and O–H groups in total. The SMILES string of the molecule is CCNC(=NCc1cccc(-c2ncn[nH]2)c1)N1CCC2(CCCCC2)C1. The number of aromatic amines is 1. The molecule has 144 valence electrons. The van der Waals surface area contributed by atoms with Gasteiger partial charge in [-0.15, -0.1) is 0 Å². The summed E-state index contributed by atoms with van der Waals surface area (Å²) in [5.74, 6) is 1.86. The maximum absolute atomic E-state index is 4.95. The van der Waals surface area contributed by atoms with E-state index in [1.807, 2.05) is 6.07 Å². The fourth-order valence-corrected chi connectivity index (χ4v) is 4.58. The Morgan fingerprint density at radius 3 is 2.93 bits per heavy atom. The molecule has 2 aliphatic rings. The Labute approximate surface area is 161 Å². The van der Waals surface area contributed by atoms with Gasteiger partial charge in [-0.1, -0.05) is 37.5 Å². The minimum atomic E-state index is 0.542. The van der Waals surface area contributed by atoms with E-state index in [0.717, 1.165) is 37.0 Å². The van der Waals surface area contributed by atoms with E-state index in [9.17, 15) is 0 Å². The first-order valence-electron chi connectivity index (χ1n) is 10.3. The van der Waals surface area contributed by atoms with Crippen LogP contribution >= 0.6 is 0 Å². The molecule has 6 heteroatoms. The summed E-state index contributed by atoms with van der Waals surface area (Å²) in [6.07, 6.45) is 9.85. The molecule has 1 spiro atoms. The standard InChI is InChI=1S/C21H30N6/c1-2-22-20(27-12-11-21(15-27)9-4-3-5-10-21)23-14-17-7-6-8-18(13-17)19-24-16-25-26-19/h6-8,13,16H,2-5,9-12,14-15H2,1H3,(H,22,23)(H,24,25,26). The summed E-state index contributed by atoms with van der Waals surface area (Å²) in [5.41, 5.74) is 2.78. The van der Waals surface area contributed by atoms with Crippen LogP contribution in [0.1, 0.15) is 51.0 Å². The molecule has 2 aromatic rings. The van der Waals surface area contributed by atoms with Crippen LogP contribution in [-0.4, -0.2) is 45.7 Å². The number of H-pyrrole nitrogens is 1. The summed E-state index contributed by atoms with van der Waals surface area (Å²) >= 11 is 0. The molecular formula is C21H30N6. The molecule has 1 aliphatic carbocycles. The molecule has 0 radical (unpaired) electrons. The third-order valence-corrected chi connectivity index (χ3v) is 6.01. The minimum Gasteiger partial charge on any atom is -0.357 e. The Kier molecular flexibility index (Phi) is 5.41. The number of hydrogen-bond acceptors (Lipinski definition) is 3. The van der Waals surface area contributed by atoms with Gasteiger partial charge in [-0.25, -0.2) is 9.98 Å². The van der Waals surface area contributed by atoms with Gasteiger partial charge in [0.25, 0.3) is 0 Å². The zero-order valence-electron chi connectivity index (χ0n) is 16.2. The molecule has 1 saturated heterocycles. The average molecular weight is 367 g/mol. The summed E-state index contributed by atoms with van der Waals surface area (Å²) in [5, 5.41) is 10.4. The van der Waals surface area contributed by atoms with Crippen molar-refractivity contribution in [3.63, 3.8) is 0 Å². The molecule has 0 bridgehead atoms. The molecule has 1 aromatic heterocycles. The van der Waals surface area contributed by atoms with Crippen LogP contribution in [0.4, 0.5) is 0 Å². The number of likely N-dealkylation sites (tertiary alicyclic amines) is 1. The van der Waals surface area contributed by atoms with Gasteiger partial charge in [0.1, 0.15) is 6.33 Å². The summed E-state index contributed by atoms with van der Waals surface area (Å²) < 4.78 is 0. The first kappa shape index (κ1) is 18.0. The van der Waals surface area contributed by atoms with Gasteiger partial charge < -0.3 is 10.2 Å². The quantitative estimate of drug-likeness (QED) is 0.641. The highest BCUT2D eigenvalue weighted by molar-refractivity contribution is 5.80. The third kappa shape index (κ3) is 4.15. The molecule has 1 saturated carbocycles. The van der Waals surface area contributed by atoms with Gasteiger partial charge in [0.05, 0.1) is 6.54 Å². The van der Waals surface area contributed by atoms with Crippen LogP contribution in [-0.2, 0) is 6.54 Å². The zero-order valence-corrected chi connectivity index (χ0v) is 16.2. The van der Waals surface area contributed by atoms with Crippen LogP contribution in [0.3, 0.4) is 0 Å². The van der Waals surface area contributed by atoms with Crippen molar-refractivity contribution in [2.24, 2.45) is 10.4 Å². The Balaban J connectivity index is 1.46. The zero-order chi connectivity index (χ0) is 18.5. The topological polar surface area (TPSA) is 69.2 Å². The van der Waals surface area contributed by atoms with Crippen LogP contribution in [0.5, 0.6) is 0 Å². The number of hydrogen-bond donors (Lipinski definition) is 2. The average Bonchev–Trinajstić information content (AvgIpc) is 3.37. The summed E-state index contributed by atoms with van der Waals surface area (Å²) in [6.45, 7) is 6.02. The van der Waals surface area contributed by atoms with E-state index < -0.39 is 0 Å². The van der Waals surface area contributed by atoms with Crippen LogP contribution < -0.4 is 5.32 Å². The van der Waals surface area contributed by atoms with E-state index in [2.05, 4.69) is 50.5 Å². The number of nitrogens with one attached hydrogen (secondary N) is 2. The maximum Gasteiger partial charge on any atom is 0.194 e. The van der Waals surface area contributed by atoms with Crippen LogP contribution in [0.15, 0.2) is 35.6 Å². The second kappa shape index (κ2) is 8.11. The van der Waals surface area contributed by atoms with E-state index in [4.69, 9.17) is 4.99 Å². The normalized spacial score (nSPS) is 19.6.